The third-order valence-electron chi connectivity index (χ3n) is 3.89. The minimum absolute atomic E-state index is 0.0261. The summed E-state index contributed by atoms with van der Waals surface area (Å²) < 4.78 is 32.9. The zero-order valence-corrected chi connectivity index (χ0v) is 15.2. The van der Waals surface area contributed by atoms with E-state index in [-0.39, 0.29) is 30.2 Å². The molecule has 1 amide bonds. The molecule has 0 saturated carbocycles. The van der Waals surface area contributed by atoms with Crippen molar-refractivity contribution in [2.75, 3.05) is 6.54 Å². The van der Waals surface area contributed by atoms with Gasteiger partial charge in [0, 0.05) is 17.5 Å². The minimum atomic E-state index is -2.81. The van der Waals surface area contributed by atoms with Crippen LogP contribution in [0.15, 0.2) is 41.1 Å². The Balaban J connectivity index is 1.60. The number of carbonyl (C=O) groups is 2. The lowest BCUT2D eigenvalue weighted by atomic mass is 10.3. The van der Waals surface area contributed by atoms with Crippen LogP contribution in [0.2, 0.25) is 0 Å². The number of hydrogen-bond donors (Lipinski definition) is 1. The summed E-state index contributed by atoms with van der Waals surface area (Å²) in [6.45, 7) is -1.23. The Kier molecular flexibility index (Phi) is 5.80. The summed E-state index contributed by atoms with van der Waals surface area (Å²) in [7, 11) is 0. The molecule has 6 nitrogen and oxygen atoms in total. The number of ether oxygens (including phenoxy) is 1. The summed E-state index contributed by atoms with van der Waals surface area (Å²) in [5.41, 5.74) is 1.19. The van der Waals surface area contributed by atoms with Gasteiger partial charge in [-0.1, -0.05) is 12.1 Å². The van der Waals surface area contributed by atoms with E-state index in [1.807, 2.05) is 0 Å². The van der Waals surface area contributed by atoms with Crippen molar-refractivity contribution in [2.45, 2.75) is 26.0 Å². The van der Waals surface area contributed by atoms with Crippen LogP contribution in [-0.4, -0.2) is 28.0 Å². The number of esters is 1. The monoisotopic (exact) mass is 393 g/mol. The maximum absolute atomic E-state index is 13.5. The van der Waals surface area contributed by atoms with Gasteiger partial charge >= 0.3 is 12.5 Å². The molecule has 2 aromatic heterocycles. The number of para-hydroxylation sites is 2. The van der Waals surface area contributed by atoms with Crippen molar-refractivity contribution in [3.05, 3.63) is 52.5 Å². The van der Waals surface area contributed by atoms with Gasteiger partial charge in [0.1, 0.15) is 0 Å². The molecule has 1 unspecified atom stereocenters. The number of benzene rings is 1. The number of aromatic nitrogens is 2. The third-order valence-corrected chi connectivity index (χ3v) is 4.57. The van der Waals surface area contributed by atoms with Gasteiger partial charge < -0.3 is 10.1 Å². The smallest absolute Gasteiger partial charge is 0.320 e. The van der Waals surface area contributed by atoms with Crippen molar-refractivity contribution in [1.82, 2.24) is 14.9 Å². The quantitative estimate of drug-likeness (QED) is 0.618. The van der Waals surface area contributed by atoms with Crippen LogP contribution in [0.3, 0.4) is 0 Å². The highest BCUT2D eigenvalue weighted by atomic mass is 32.1. The number of thiophene rings is 1. The Hall–Kier alpha value is -2.81. The first-order chi connectivity index (χ1) is 13.0. The molecule has 0 bridgehead atoms. The highest BCUT2D eigenvalue weighted by Crippen LogP contribution is 2.28. The number of fused-ring (bicyclic) bond motifs is 1. The van der Waals surface area contributed by atoms with Crippen molar-refractivity contribution in [3.8, 4) is 0 Å². The second-order valence-electron chi connectivity index (χ2n) is 5.76. The zero-order chi connectivity index (χ0) is 19.4. The molecular formula is C18H17F2N3O3S. The Morgan fingerprint density at radius 1 is 1.30 bits per heavy atom. The lowest BCUT2D eigenvalue weighted by Crippen LogP contribution is -2.26. The summed E-state index contributed by atoms with van der Waals surface area (Å²) in [6, 6.07) is 8.16. The van der Waals surface area contributed by atoms with Gasteiger partial charge in [0.25, 0.3) is 5.91 Å². The van der Waals surface area contributed by atoms with Crippen LogP contribution < -0.4 is 5.32 Å². The Morgan fingerprint density at radius 2 is 2.07 bits per heavy atom. The molecule has 0 radical (unpaired) electrons. The van der Waals surface area contributed by atoms with Crippen molar-refractivity contribution in [1.29, 1.82) is 0 Å². The van der Waals surface area contributed by atoms with Gasteiger partial charge in [-0.3, -0.25) is 14.2 Å². The summed E-state index contributed by atoms with van der Waals surface area (Å²) in [5, 5.41) is 6.08. The highest BCUT2D eigenvalue weighted by molar-refractivity contribution is 7.08. The van der Waals surface area contributed by atoms with Crippen LogP contribution in [0.4, 0.5) is 8.78 Å². The molecule has 3 aromatic rings. The molecule has 0 spiro atoms. The lowest BCUT2D eigenvalue weighted by molar-refractivity contribution is -0.149. The molecule has 1 N–H and O–H groups in total. The number of rotatable bonds is 7. The van der Waals surface area contributed by atoms with E-state index >= 15 is 0 Å². The number of halogens is 2. The van der Waals surface area contributed by atoms with Crippen LogP contribution in [0.1, 0.15) is 42.2 Å². The molecule has 0 saturated heterocycles. The van der Waals surface area contributed by atoms with Gasteiger partial charge in [-0.2, -0.15) is 20.1 Å². The zero-order valence-electron chi connectivity index (χ0n) is 14.4. The van der Waals surface area contributed by atoms with Gasteiger partial charge in [-0.15, -0.1) is 0 Å². The topological polar surface area (TPSA) is 73.2 Å². The second-order valence-corrected chi connectivity index (χ2v) is 6.54. The van der Waals surface area contributed by atoms with E-state index in [4.69, 9.17) is 4.74 Å². The van der Waals surface area contributed by atoms with Gasteiger partial charge in [-0.05, 0) is 30.5 Å². The van der Waals surface area contributed by atoms with Gasteiger partial charge in [0.05, 0.1) is 17.5 Å². The van der Waals surface area contributed by atoms with Crippen LogP contribution in [0.25, 0.3) is 11.0 Å². The summed E-state index contributed by atoms with van der Waals surface area (Å²) in [5.74, 6) is -0.917. The molecule has 3 rings (SSSR count). The molecule has 1 atom stereocenters. The van der Waals surface area contributed by atoms with E-state index in [9.17, 15) is 18.4 Å². The normalized spacial score (nSPS) is 12.3. The maximum Gasteiger partial charge on any atom is 0.320 e. The third kappa shape index (κ3) is 4.30. The van der Waals surface area contributed by atoms with Crippen LogP contribution >= 0.6 is 11.3 Å². The maximum atomic E-state index is 13.5. The van der Waals surface area contributed by atoms with E-state index in [1.54, 1.807) is 35.0 Å². The first kappa shape index (κ1) is 19.0. The Morgan fingerprint density at radius 3 is 2.78 bits per heavy atom. The number of nitrogens with one attached hydrogen (secondary N) is 1. The molecule has 2 heterocycles. The van der Waals surface area contributed by atoms with Crippen molar-refractivity contribution >= 4 is 34.2 Å². The summed E-state index contributed by atoms with van der Waals surface area (Å²) in [6.07, 6.45) is -1.03. The molecule has 27 heavy (non-hydrogen) atoms. The fourth-order valence-electron chi connectivity index (χ4n) is 2.64. The van der Waals surface area contributed by atoms with Gasteiger partial charge in [-0.25, -0.2) is 4.98 Å². The predicted octanol–water partition coefficient (Wildman–Crippen LogP) is 3.92. The molecule has 0 aliphatic rings. The largest absolute Gasteiger partial charge is 0.454 e. The molecule has 142 valence electrons. The minimum Gasteiger partial charge on any atom is -0.454 e. The highest BCUT2D eigenvalue weighted by Gasteiger charge is 2.24. The second kappa shape index (κ2) is 8.26. The average molecular weight is 393 g/mol. The molecule has 9 heteroatoms. The van der Waals surface area contributed by atoms with Crippen molar-refractivity contribution in [3.63, 3.8) is 0 Å². The number of amides is 1. The summed E-state index contributed by atoms with van der Waals surface area (Å²) >= 11 is 1.40. The van der Waals surface area contributed by atoms with Crippen LogP contribution in [0.5, 0.6) is 0 Å². The standard InChI is InChI=1S/C18H17F2N3O3S/c1-11(16-22-13-4-2-3-5-14(13)23(16)18(19)20)26-15(24)6-8-21-17(25)12-7-9-27-10-12/h2-5,7,9-11,18H,6,8H2,1H3,(H,21,25). The molecule has 0 aliphatic heterocycles. The fraction of sp³-hybridized carbons (Fsp3) is 0.278. The van der Waals surface area contributed by atoms with E-state index in [2.05, 4.69) is 10.3 Å². The van der Waals surface area contributed by atoms with Crippen LogP contribution in [-0.2, 0) is 9.53 Å². The molecular weight excluding hydrogens is 376 g/mol. The van der Waals surface area contributed by atoms with Crippen molar-refractivity contribution in [2.24, 2.45) is 0 Å². The van der Waals surface area contributed by atoms with Crippen molar-refractivity contribution < 1.29 is 23.1 Å². The number of nitrogens with zero attached hydrogens (tertiary/aromatic N) is 2. The number of carbonyl (C=O) groups excluding carboxylic acids is 2. The first-order valence-electron chi connectivity index (χ1n) is 8.22. The number of hydrogen-bond acceptors (Lipinski definition) is 5. The summed E-state index contributed by atoms with van der Waals surface area (Å²) in [4.78, 5) is 28.0. The molecule has 0 aliphatic carbocycles. The molecule has 0 fully saturated rings. The predicted molar refractivity (Wildman–Crippen MR) is 96.8 cm³/mol. The van der Waals surface area contributed by atoms with E-state index in [1.165, 1.54) is 24.3 Å². The van der Waals surface area contributed by atoms with Gasteiger partial charge in [0.15, 0.2) is 11.9 Å². The fourth-order valence-corrected chi connectivity index (χ4v) is 3.27. The first-order valence-corrected chi connectivity index (χ1v) is 9.16. The average Bonchev–Trinajstić information content (AvgIpc) is 3.29. The SMILES string of the molecule is CC(OC(=O)CCNC(=O)c1ccsc1)c1nc2ccccc2n1C(F)F. The Bertz CT molecular complexity index is 941. The number of alkyl halides is 2. The number of imidazole rings is 1. The van der Waals surface area contributed by atoms with Crippen LogP contribution in [0, 0.1) is 0 Å². The van der Waals surface area contributed by atoms with E-state index in [0.717, 1.165) is 4.57 Å². The Labute approximate surface area is 157 Å². The lowest BCUT2D eigenvalue weighted by Gasteiger charge is -2.15. The van der Waals surface area contributed by atoms with Gasteiger partial charge in [0.2, 0.25) is 0 Å². The van der Waals surface area contributed by atoms with E-state index in [0.29, 0.717) is 11.1 Å². The van der Waals surface area contributed by atoms with E-state index < -0.39 is 18.6 Å². The molecule has 1 aromatic carbocycles.